The molecular formula is C22H21ClN2O4S. The van der Waals surface area contributed by atoms with E-state index < -0.39 is 15.9 Å². The van der Waals surface area contributed by atoms with Crippen LogP contribution in [0.1, 0.15) is 5.56 Å². The van der Waals surface area contributed by atoms with Gasteiger partial charge in [-0.3, -0.25) is 9.10 Å². The summed E-state index contributed by atoms with van der Waals surface area (Å²) in [5.74, 6) is 0.776. The van der Waals surface area contributed by atoms with Crippen LogP contribution in [0.2, 0.25) is 5.02 Å². The maximum Gasteiger partial charge on any atom is 0.245 e. The van der Waals surface area contributed by atoms with Crippen LogP contribution in [-0.4, -0.2) is 27.1 Å². The van der Waals surface area contributed by atoms with Crippen LogP contribution in [0.3, 0.4) is 0 Å². The minimum atomic E-state index is -3.62. The van der Waals surface area contributed by atoms with Crippen molar-refractivity contribution >= 4 is 38.9 Å². The quantitative estimate of drug-likeness (QED) is 0.565. The molecule has 0 aromatic heterocycles. The Kier molecular flexibility index (Phi) is 6.64. The number of nitrogens with zero attached hydrogens (tertiary/aromatic N) is 1. The van der Waals surface area contributed by atoms with Crippen molar-refractivity contribution in [2.24, 2.45) is 0 Å². The highest BCUT2D eigenvalue weighted by Gasteiger charge is 2.20. The summed E-state index contributed by atoms with van der Waals surface area (Å²) in [5.41, 5.74) is 1.96. The maximum atomic E-state index is 12.5. The first-order chi connectivity index (χ1) is 14.2. The van der Waals surface area contributed by atoms with Crippen molar-refractivity contribution in [3.05, 3.63) is 83.4 Å². The number of hydrogen-bond acceptors (Lipinski definition) is 4. The molecule has 1 N–H and O–H groups in total. The van der Waals surface area contributed by atoms with Crippen molar-refractivity contribution < 1.29 is 17.9 Å². The lowest BCUT2D eigenvalue weighted by molar-refractivity contribution is -0.114. The molecule has 8 heteroatoms. The minimum absolute atomic E-state index is 0.328. The molecule has 0 saturated heterocycles. The Morgan fingerprint density at radius 2 is 1.47 bits per heavy atom. The Bertz CT molecular complexity index is 1110. The van der Waals surface area contributed by atoms with Gasteiger partial charge in [0.15, 0.2) is 0 Å². The molecule has 0 aliphatic rings. The third-order valence-electron chi connectivity index (χ3n) is 4.20. The van der Waals surface area contributed by atoms with Gasteiger partial charge in [0.25, 0.3) is 0 Å². The number of halogens is 1. The van der Waals surface area contributed by atoms with Crippen LogP contribution in [0.5, 0.6) is 11.5 Å². The van der Waals surface area contributed by atoms with Crippen LogP contribution in [0, 0.1) is 6.92 Å². The number of amides is 1. The Hall–Kier alpha value is -3.03. The summed E-state index contributed by atoms with van der Waals surface area (Å²) in [5, 5.41) is 3.33. The number of benzene rings is 3. The van der Waals surface area contributed by atoms with Gasteiger partial charge in [0.1, 0.15) is 18.0 Å². The second-order valence-corrected chi connectivity index (χ2v) is 9.08. The van der Waals surface area contributed by atoms with Crippen molar-refractivity contribution in [1.29, 1.82) is 0 Å². The number of carbonyl (C=O) groups is 1. The number of nitrogens with one attached hydrogen (secondary N) is 1. The molecule has 30 heavy (non-hydrogen) atoms. The van der Waals surface area contributed by atoms with Crippen LogP contribution in [0.15, 0.2) is 72.8 Å². The van der Waals surface area contributed by atoms with Crippen molar-refractivity contribution in [1.82, 2.24) is 0 Å². The fourth-order valence-corrected chi connectivity index (χ4v) is 3.67. The molecule has 0 saturated carbocycles. The summed E-state index contributed by atoms with van der Waals surface area (Å²) in [7, 11) is -3.62. The van der Waals surface area contributed by atoms with Gasteiger partial charge in [-0.15, -0.1) is 0 Å². The maximum absolute atomic E-state index is 12.5. The number of ether oxygens (including phenoxy) is 1. The average molecular weight is 445 g/mol. The van der Waals surface area contributed by atoms with Crippen molar-refractivity contribution in [2.75, 3.05) is 22.4 Å². The van der Waals surface area contributed by atoms with E-state index in [0.29, 0.717) is 27.9 Å². The van der Waals surface area contributed by atoms with Gasteiger partial charge in [-0.05, 0) is 67.6 Å². The molecule has 0 radical (unpaired) electrons. The SMILES string of the molecule is Cc1ccc(N(CC(=O)Nc2ccc(Oc3ccc(Cl)cc3)cc2)S(C)(=O)=O)cc1. The number of sulfonamides is 1. The number of aryl methyl sites for hydroxylation is 1. The fraction of sp³-hybridized carbons (Fsp3) is 0.136. The van der Waals surface area contributed by atoms with Gasteiger partial charge < -0.3 is 10.1 Å². The summed E-state index contributed by atoms with van der Waals surface area (Å²) in [6.07, 6.45) is 1.07. The number of rotatable bonds is 7. The summed E-state index contributed by atoms with van der Waals surface area (Å²) in [6, 6.07) is 20.7. The van der Waals surface area contributed by atoms with Crippen molar-refractivity contribution in [2.45, 2.75) is 6.92 Å². The van der Waals surface area contributed by atoms with E-state index in [1.807, 2.05) is 6.92 Å². The third-order valence-corrected chi connectivity index (χ3v) is 5.59. The molecule has 3 rings (SSSR count). The van der Waals surface area contributed by atoms with E-state index in [0.717, 1.165) is 16.1 Å². The summed E-state index contributed by atoms with van der Waals surface area (Å²) < 4.78 is 31.1. The van der Waals surface area contributed by atoms with Gasteiger partial charge >= 0.3 is 0 Å². The molecule has 0 heterocycles. The Labute approximate surface area is 181 Å². The normalized spacial score (nSPS) is 11.0. The Balaban J connectivity index is 1.65. The Morgan fingerprint density at radius 3 is 2.00 bits per heavy atom. The van der Waals surface area contributed by atoms with Gasteiger partial charge in [-0.2, -0.15) is 0 Å². The van der Waals surface area contributed by atoms with E-state index in [-0.39, 0.29) is 6.54 Å². The van der Waals surface area contributed by atoms with E-state index in [4.69, 9.17) is 16.3 Å². The molecule has 0 atom stereocenters. The van der Waals surface area contributed by atoms with Gasteiger partial charge in [-0.1, -0.05) is 29.3 Å². The molecule has 0 unspecified atom stereocenters. The molecule has 3 aromatic rings. The highest BCUT2D eigenvalue weighted by atomic mass is 35.5. The first kappa shape index (κ1) is 21.7. The molecule has 6 nitrogen and oxygen atoms in total. The van der Waals surface area contributed by atoms with Gasteiger partial charge in [0.2, 0.25) is 15.9 Å². The van der Waals surface area contributed by atoms with E-state index in [2.05, 4.69) is 5.32 Å². The molecule has 0 aliphatic carbocycles. The topological polar surface area (TPSA) is 75.7 Å². The third kappa shape index (κ3) is 5.98. The van der Waals surface area contributed by atoms with Crippen molar-refractivity contribution in [3.8, 4) is 11.5 Å². The summed E-state index contributed by atoms with van der Waals surface area (Å²) in [4.78, 5) is 12.5. The highest BCUT2D eigenvalue weighted by Crippen LogP contribution is 2.24. The van der Waals surface area contributed by atoms with Gasteiger partial charge in [0.05, 0.1) is 11.9 Å². The number of anilines is 2. The van der Waals surface area contributed by atoms with Crippen LogP contribution in [-0.2, 0) is 14.8 Å². The molecule has 0 bridgehead atoms. The smallest absolute Gasteiger partial charge is 0.245 e. The van der Waals surface area contributed by atoms with Crippen molar-refractivity contribution in [3.63, 3.8) is 0 Å². The zero-order valence-corrected chi connectivity index (χ0v) is 18.1. The highest BCUT2D eigenvalue weighted by molar-refractivity contribution is 7.92. The standard InChI is InChI=1S/C22H21ClN2O4S/c1-16-3-9-19(10-4-16)25(30(2,27)28)15-22(26)24-18-7-13-21(14-8-18)29-20-11-5-17(23)6-12-20/h3-14H,15H2,1-2H3,(H,24,26). The zero-order valence-electron chi connectivity index (χ0n) is 16.5. The molecule has 1 amide bonds. The number of carbonyl (C=O) groups excluding carboxylic acids is 1. The fourth-order valence-electron chi connectivity index (χ4n) is 2.69. The lowest BCUT2D eigenvalue weighted by Gasteiger charge is -2.22. The first-order valence-corrected chi connectivity index (χ1v) is 11.3. The minimum Gasteiger partial charge on any atom is -0.457 e. The van der Waals surface area contributed by atoms with Crippen LogP contribution in [0.4, 0.5) is 11.4 Å². The summed E-state index contributed by atoms with van der Waals surface area (Å²) >= 11 is 5.86. The summed E-state index contributed by atoms with van der Waals surface area (Å²) in [6.45, 7) is 1.58. The second kappa shape index (κ2) is 9.19. The van der Waals surface area contributed by atoms with E-state index in [1.165, 1.54) is 0 Å². The predicted octanol–water partition coefficient (Wildman–Crippen LogP) is 4.85. The lowest BCUT2D eigenvalue weighted by atomic mass is 10.2. The number of hydrogen-bond donors (Lipinski definition) is 1. The van der Waals surface area contributed by atoms with Crippen LogP contribution >= 0.6 is 11.6 Å². The van der Waals surface area contributed by atoms with E-state index in [1.54, 1.807) is 72.8 Å². The van der Waals surface area contributed by atoms with Crippen LogP contribution < -0.4 is 14.4 Å². The lowest BCUT2D eigenvalue weighted by Crippen LogP contribution is -2.37. The Morgan fingerprint density at radius 1 is 0.933 bits per heavy atom. The largest absolute Gasteiger partial charge is 0.457 e. The predicted molar refractivity (Wildman–Crippen MR) is 120 cm³/mol. The monoisotopic (exact) mass is 444 g/mol. The molecule has 0 aliphatic heterocycles. The molecular weight excluding hydrogens is 424 g/mol. The zero-order chi connectivity index (χ0) is 21.7. The second-order valence-electron chi connectivity index (χ2n) is 6.73. The van der Waals surface area contributed by atoms with Crippen LogP contribution in [0.25, 0.3) is 0 Å². The van der Waals surface area contributed by atoms with E-state index in [9.17, 15) is 13.2 Å². The van der Waals surface area contributed by atoms with Gasteiger partial charge in [-0.25, -0.2) is 8.42 Å². The first-order valence-electron chi connectivity index (χ1n) is 9.08. The molecule has 3 aromatic carbocycles. The van der Waals surface area contributed by atoms with Gasteiger partial charge in [0, 0.05) is 10.7 Å². The molecule has 0 fully saturated rings. The van der Waals surface area contributed by atoms with E-state index >= 15 is 0 Å². The molecule has 0 spiro atoms. The molecule has 156 valence electrons. The average Bonchev–Trinajstić information content (AvgIpc) is 2.69.